The summed E-state index contributed by atoms with van der Waals surface area (Å²) in [7, 11) is 0. The SMILES string of the molecule is CCN1C(=O)C2(CCN(Cc3ccccc3Cl)CC2)CC1C(=O)NC1CCCC1. The molecule has 1 aliphatic carbocycles. The molecule has 2 saturated heterocycles. The first-order valence-corrected chi connectivity index (χ1v) is 11.5. The number of amides is 2. The first-order valence-electron chi connectivity index (χ1n) is 11.1. The Balaban J connectivity index is 1.40. The Bertz CT molecular complexity index is 754. The van der Waals surface area contributed by atoms with Crippen LogP contribution in [0.1, 0.15) is 57.4 Å². The predicted molar refractivity (Wildman–Crippen MR) is 115 cm³/mol. The zero-order valence-corrected chi connectivity index (χ0v) is 18.1. The van der Waals surface area contributed by atoms with Crippen LogP contribution >= 0.6 is 11.6 Å². The molecular weight excluding hydrogens is 386 g/mol. The number of benzene rings is 1. The minimum absolute atomic E-state index is 0.0578. The van der Waals surface area contributed by atoms with Crippen LogP contribution in [0.25, 0.3) is 0 Å². The van der Waals surface area contributed by atoms with E-state index in [1.807, 2.05) is 30.0 Å². The fourth-order valence-corrected chi connectivity index (χ4v) is 5.60. The van der Waals surface area contributed by atoms with Gasteiger partial charge in [-0.2, -0.15) is 0 Å². The lowest BCUT2D eigenvalue weighted by molar-refractivity contribution is -0.141. The van der Waals surface area contributed by atoms with E-state index in [4.69, 9.17) is 11.6 Å². The quantitative estimate of drug-likeness (QED) is 0.796. The van der Waals surface area contributed by atoms with E-state index in [1.165, 1.54) is 12.8 Å². The van der Waals surface area contributed by atoms with Crippen molar-refractivity contribution in [2.45, 2.75) is 70.5 Å². The third-order valence-corrected chi connectivity index (χ3v) is 7.55. The van der Waals surface area contributed by atoms with E-state index < -0.39 is 0 Å². The van der Waals surface area contributed by atoms with Crippen molar-refractivity contribution >= 4 is 23.4 Å². The fraction of sp³-hybridized carbons (Fsp3) is 0.652. The highest BCUT2D eigenvalue weighted by molar-refractivity contribution is 6.31. The van der Waals surface area contributed by atoms with Crippen molar-refractivity contribution in [3.8, 4) is 0 Å². The van der Waals surface area contributed by atoms with Gasteiger partial charge in [0.1, 0.15) is 6.04 Å². The van der Waals surface area contributed by atoms with Crippen LogP contribution in [0.3, 0.4) is 0 Å². The molecule has 2 aliphatic heterocycles. The molecule has 158 valence electrons. The predicted octanol–water partition coefficient (Wildman–Crippen LogP) is 3.60. The highest BCUT2D eigenvalue weighted by atomic mass is 35.5. The lowest BCUT2D eigenvalue weighted by Gasteiger charge is -2.38. The molecule has 1 spiro atoms. The van der Waals surface area contributed by atoms with E-state index in [0.717, 1.165) is 55.9 Å². The third-order valence-electron chi connectivity index (χ3n) is 7.18. The van der Waals surface area contributed by atoms with Crippen LogP contribution in [0, 0.1) is 5.41 Å². The van der Waals surface area contributed by atoms with E-state index in [1.54, 1.807) is 0 Å². The molecule has 6 heteroatoms. The molecule has 2 heterocycles. The zero-order valence-electron chi connectivity index (χ0n) is 17.3. The summed E-state index contributed by atoms with van der Waals surface area (Å²) in [4.78, 5) is 30.5. The molecule has 1 unspecified atom stereocenters. The summed E-state index contributed by atoms with van der Waals surface area (Å²) in [5.74, 6) is 0.242. The van der Waals surface area contributed by atoms with Crippen molar-refractivity contribution in [1.29, 1.82) is 0 Å². The minimum atomic E-state index is -0.370. The van der Waals surface area contributed by atoms with Crippen LogP contribution < -0.4 is 5.32 Å². The van der Waals surface area contributed by atoms with Gasteiger partial charge in [0.15, 0.2) is 0 Å². The second-order valence-electron chi connectivity index (χ2n) is 8.95. The van der Waals surface area contributed by atoms with E-state index in [0.29, 0.717) is 19.0 Å². The zero-order chi connectivity index (χ0) is 20.4. The first-order chi connectivity index (χ1) is 14.0. The lowest BCUT2D eigenvalue weighted by atomic mass is 9.76. The molecule has 5 nitrogen and oxygen atoms in total. The summed E-state index contributed by atoms with van der Waals surface area (Å²) in [6.45, 7) is 5.13. The van der Waals surface area contributed by atoms with Crippen molar-refractivity contribution < 1.29 is 9.59 Å². The average Bonchev–Trinajstić information content (AvgIpc) is 3.32. The van der Waals surface area contributed by atoms with Gasteiger partial charge in [-0.05, 0) is 63.7 Å². The number of piperidine rings is 1. The Morgan fingerprint density at radius 1 is 1.21 bits per heavy atom. The summed E-state index contributed by atoms with van der Waals surface area (Å²) in [6.07, 6.45) is 6.83. The van der Waals surface area contributed by atoms with Gasteiger partial charge in [-0.1, -0.05) is 42.6 Å². The Labute approximate surface area is 178 Å². The van der Waals surface area contributed by atoms with Crippen molar-refractivity contribution in [2.24, 2.45) is 5.41 Å². The van der Waals surface area contributed by atoms with Gasteiger partial charge in [0, 0.05) is 24.2 Å². The standard InChI is InChI=1S/C23H32ClN3O2/c1-2-27-20(21(28)25-18-8-4-5-9-18)15-23(22(27)29)11-13-26(14-12-23)16-17-7-3-6-10-19(17)24/h3,6-7,10,18,20H,2,4-5,8-9,11-16H2,1H3,(H,25,28). The number of likely N-dealkylation sites (N-methyl/N-ethyl adjacent to an activating group) is 1. The second-order valence-corrected chi connectivity index (χ2v) is 9.36. The molecule has 4 rings (SSSR count). The minimum Gasteiger partial charge on any atom is -0.352 e. The van der Waals surface area contributed by atoms with E-state index in [2.05, 4.69) is 16.3 Å². The van der Waals surface area contributed by atoms with Gasteiger partial charge in [0.05, 0.1) is 5.41 Å². The van der Waals surface area contributed by atoms with Gasteiger partial charge < -0.3 is 10.2 Å². The molecule has 2 amide bonds. The maximum absolute atomic E-state index is 13.3. The number of rotatable bonds is 5. The number of hydrogen-bond donors (Lipinski definition) is 1. The Hall–Kier alpha value is -1.59. The molecule has 3 aliphatic rings. The van der Waals surface area contributed by atoms with Crippen LogP contribution in [0.15, 0.2) is 24.3 Å². The van der Waals surface area contributed by atoms with Crippen molar-refractivity contribution in [1.82, 2.24) is 15.1 Å². The topological polar surface area (TPSA) is 52.7 Å². The highest BCUT2D eigenvalue weighted by Crippen LogP contribution is 2.45. The van der Waals surface area contributed by atoms with E-state index in [-0.39, 0.29) is 23.3 Å². The number of nitrogens with zero attached hydrogens (tertiary/aromatic N) is 2. The van der Waals surface area contributed by atoms with Crippen molar-refractivity contribution in [3.63, 3.8) is 0 Å². The average molecular weight is 418 g/mol. The molecule has 1 aromatic carbocycles. The maximum atomic E-state index is 13.3. The number of halogens is 1. The van der Waals surface area contributed by atoms with Gasteiger partial charge >= 0.3 is 0 Å². The monoisotopic (exact) mass is 417 g/mol. The number of nitrogens with one attached hydrogen (secondary N) is 1. The smallest absolute Gasteiger partial charge is 0.243 e. The number of carbonyl (C=O) groups is 2. The van der Waals surface area contributed by atoms with Crippen molar-refractivity contribution in [2.75, 3.05) is 19.6 Å². The number of likely N-dealkylation sites (tertiary alicyclic amines) is 2. The summed E-state index contributed by atoms with van der Waals surface area (Å²) in [5, 5.41) is 4.01. The summed E-state index contributed by atoms with van der Waals surface area (Å²) >= 11 is 6.32. The van der Waals surface area contributed by atoms with Crippen LogP contribution in [-0.4, -0.2) is 53.3 Å². The number of carbonyl (C=O) groups excluding carboxylic acids is 2. The molecule has 0 aromatic heterocycles. The largest absolute Gasteiger partial charge is 0.352 e. The van der Waals surface area contributed by atoms with Gasteiger partial charge in [-0.25, -0.2) is 0 Å². The lowest BCUT2D eigenvalue weighted by Crippen LogP contribution is -2.47. The highest BCUT2D eigenvalue weighted by Gasteiger charge is 2.54. The third kappa shape index (κ3) is 4.17. The maximum Gasteiger partial charge on any atom is 0.243 e. The molecule has 3 fully saturated rings. The van der Waals surface area contributed by atoms with Crippen LogP contribution in [0.2, 0.25) is 5.02 Å². The Morgan fingerprint density at radius 3 is 2.55 bits per heavy atom. The van der Waals surface area contributed by atoms with Crippen LogP contribution in [0.5, 0.6) is 0 Å². The molecule has 1 saturated carbocycles. The molecule has 29 heavy (non-hydrogen) atoms. The van der Waals surface area contributed by atoms with Crippen LogP contribution in [0.4, 0.5) is 0 Å². The molecule has 0 bridgehead atoms. The Kier molecular flexibility index (Phi) is 6.16. The first kappa shape index (κ1) is 20.7. The second kappa shape index (κ2) is 8.65. The van der Waals surface area contributed by atoms with Gasteiger partial charge in [-0.3, -0.25) is 14.5 Å². The molecule has 0 radical (unpaired) electrons. The van der Waals surface area contributed by atoms with E-state index in [9.17, 15) is 9.59 Å². The van der Waals surface area contributed by atoms with Gasteiger partial charge in [0.25, 0.3) is 0 Å². The Morgan fingerprint density at radius 2 is 1.90 bits per heavy atom. The summed E-state index contributed by atoms with van der Waals surface area (Å²) in [5.41, 5.74) is 0.761. The molecule has 1 atom stereocenters. The molecular formula is C23H32ClN3O2. The number of hydrogen-bond acceptors (Lipinski definition) is 3. The fourth-order valence-electron chi connectivity index (χ4n) is 5.40. The summed E-state index contributed by atoms with van der Waals surface area (Å²) in [6, 6.07) is 7.95. The van der Waals surface area contributed by atoms with E-state index >= 15 is 0 Å². The summed E-state index contributed by atoms with van der Waals surface area (Å²) < 4.78 is 0. The molecule has 1 aromatic rings. The normalized spacial score (nSPS) is 25.1. The van der Waals surface area contributed by atoms with Gasteiger partial charge in [-0.15, -0.1) is 0 Å². The molecule has 1 N–H and O–H groups in total. The van der Waals surface area contributed by atoms with Crippen molar-refractivity contribution in [3.05, 3.63) is 34.9 Å². The van der Waals surface area contributed by atoms with Crippen LogP contribution in [-0.2, 0) is 16.1 Å². The van der Waals surface area contributed by atoms with Gasteiger partial charge in [0.2, 0.25) is 11.8 Å².